The van der Waals surface area contributed by atoms with E-state index in [9.17, 15) is 14.4 Å². The molecule has 4 amide bonds. The lowest BCUT2D eigenvalue weighted by Gasteiger charge is -2.43. The number of para-hydroxylation sites is 1. The molecule has 2 N–H and O–H groups in total. The lowest BCUT2D eigenvalue weighted by atomic mass is 9.85. The van der Waals surface area contributed by atoms with Crippen LogP contribution in [0.15, 0.2) is 84.9 Å². The molecule has 0 aromatic heterocycles. The number of anilines is 2. The van der Waals surface area contributed by atoms with Crippen LogP contribution >= 0.6 is 0 Å². The molecule has 0 radical (unpaired) electrons. The van der Waals surface area contributed by atoms with Gasteiger partial charge in [-0.1, -0.05) is 66.2 Å². The van der Waals surface area contributed by atoms with Crippen molar-refractivity contribution < 1.29 is 14.4 Å². The number of likely N-dealkylation sites (tertiary alicyclic amines) is 1. The third-order valence-corrected chi connectivity index (χ3v) is 7.68. The third-order valence-electron chi connectivity index (χ3n) is 7.68. The van der Waals surface area contributed by atoms with Crippen molar-refractivity contribution in [1.82, 2.24) is 15.1 Å². The van der Waals surface area contributed by atoms with Gasteiger partial charge in [0.15, 0.2) is 0 Å². The first-order chi connectivity index (χ1) is 18.9. The summed E-state index contributed by atoms with van der Waals surface area (Å²) >= 11 is 0. The summed E-state index contributed by atoms with van der Waals surface area (Å²) in [6.07, 6.45) is 1.73. The molecular formula is C31H35N5O3. The molecule has 3 aromatic carbocycles. The van der Waals surface area contributed by atoms with Gasteiger partial charge in [-0.25, -0.2) is 4.79 Å². The Morgan fingerprint density at radius 1 is 0.872 bits per heavy atom. The first kappa shape index (κ1) is 26.3. The fraction of sp³-hybridized carbons (Fsp3) is 0.323. The number of nitrogens with one attached hydrogen (secondary N) is 2. The molecule has 2 fully saturated rings. The van der Waals surface area contributed by atoms with Crippen molar-refractivity contribution in [1.29, 1.82) is 0 Å². The Morgan fingerprint density at radius 3 is 2.18 bits per heavy atom. The highest BCUT2D eigenvalue weighted by atomic mass is 16.2. The maximum absolute atomic E-state index is 13.9. The minimum absolute atomic E-state index is 0.0102. The van der Waals surface area contributed by atoms with Crippen molar-refractivity contribution >= 4 is 29.2 Å². The van der Waals surface area contributed by atoms with Crippen molar-refractivity contribution in [3.05, 3.63) is 96.1 Å². The van der Waals surface area contributed by atoms with E-state index < -0.39 is 5.54 Å². The molecule has 0 atom stereocenters. The van der Waals surface area contributed by atoms with Crippen molar-refractivity contribution in [2.45, 2.75) is 31.7 Å². The summed E-state index contributed by atoms with van der Waals surface area (Å²) in [7, 11) is 0. The summed E-state index contributed by atoms with van der Waals surface area (Å²) in [6.45, 7) is 3.77. The van der Waals surface area contributed by atoms with E-state index in [1.807, 2.05) is 91.9 Å². The van der Waals surface area contributed by atoms with E-state index in [-0.39, 0.29) is 24.4 Å². The van der Waals surface area contributed by atoms with Gasteiger partial charge in [0.25, 0.3) is 5.91 Å². The number of benzene rings is 3. The van der Waals surface area contributed by atoms with Gasteiger partial charge in [0.2, 0.25) is 5.91 Å². The first-order valence-corrected chi connectivity index (χ1v) is 13.5. The smallest absolute Gasteiger partial charge is 0.321 e. The SMILES string of the molecule is Cc1ccc(NC(=O)N2CCC3(CC2)C(=O)N(CC(=O)NCCc2ccccc2)CN3c2ccccc2)cc1. The highest BCUT2D eigenvalue weighted by molar-refractivity contribution is 5.97. The van der Waals surface area contributed by atoms with Crippen LogP contribution in [0, 0.1) is 6.92 Å². The third kappa shape index (κ3) is 5.90. The number of hydrogen-bond donors (Lipinski definition) is 2. The van der Waals surface area contributed by atoms with Crippen molar-refractivity contribution in [3.8, 4) is 0 Å². The summed E-state index contributed by atoms with van der Waals surface area (Å²) in [5, 5.41) is 5.92. The summed E-state index contributed by atoms with van der Waals surface area (Å²) in [5.74, 6) is -0.220. The molecule has 5 rings (SSSR count). The highest BCUT2D eigenvalue weighted by Gasteiger charge is 2.54. The highest BCUT2D eigenvalue weighted by Crippen LogP contribution is 2.39. The van der Waals surface area contributed by atoms with E-state index in [0.717, 1.165) is 28.9 Å². The number of rotatable bonds is 7. The van der Waals surface area contributed by atoms with Gasteiger partial charge in [0.05, 0.1) is 6.67 Å². The van der Waals surface area contributed by atoms with Crippen LogP contribution in [-0.2, 0) is 16.0 Å². The number of carbonyl (C=O) groups is 3. The van der Waals surface area contributed by atoms with E-state index in [1.54, 1.807) is 9.80 Å². The zero-order valence-electron chi connectivity index (χ0n) is 22.3. The fourth-order valence-corrected chi connectivity index (χ4v) is 5.46. The predicted octanol–water partition coefficient (Wildman–Crippen LogP) is 4.03. The van der Waals surface area contributed by atoms with Crippen LogP contribution in [0.2, 0.25) is 0 Å². The maximum atomic E-state index is 13.9. The van der Waals surface area contributed by atoms with Gasteiger partial charge < -0.3 is 25.3 Å². The average Bonchev–Trinajstić information content (AvgIpc) is 3.21. The predicted molar refractivity (Wildman–Crippen MR) is 152 cm³/mol. The van der Waals surface area contributed by atoms with Crippen LogP contribution in [0.1, 0.15) is 24.0 Å². The van der Waals surface area contributed by atoms with Crippen LogP contribution in [-0.4, -0.2) is 66.0 Å². The van der Waals surface area contributed by atoms with E-state index in [4.69, 9.17) is 0 Å². The molecule has 2 aliphatic heterocycles. The standard InChI is InChI=1S/C31H35N5O3/c1-24-12-14-26(15-13-24)33-30(39)34-20-17-31(18-21-34)29(38)35(23-36(31)27-10-6-3-7-11-27)22-28(37)32-19-16-25-8-4-2-5-9-25/h2-15H,16-23H2,1H3,(H,32,37)(H,33,39). The minimum Gasteiger partial charge on any atom is -0.354 e. The normalized spacial score (nSPS) is 16.4. The molecule has 202 valence electrons. The summed E-state index contributed by atoms with van der Waals surface area (Å²) < 4.78 is 0. The van der Waals surface area contributed by atoms with Gasteiger partial charge in [-0.2, -0.15) is 0 Å². The van der Waals surface area contributed by atoms with E-state index in [1.165, 1.54) is 0 Å². The van der Waals surface area contributed by atoms with Gasteiger partial charge in [-0.15, -0.1) is 0 Å². The number of piperidine rings is 1. The molecule has 2 aliphatic rings. The van der Waals surface area contributed by atoms with Crippen LogP contribution in [0.25, 0.3) is 0 Å². The van der Waals surface area contributed by atoms with Crippen molar-refractivity contribution in [2.24, 2.45) is 0 Å². The lowest BCUT2D eigenvalue weighted by molar-refractivity contribution is -0.137. The number of urea groups is 1. The Morgan fingerprint density at radius 2 is 1.51 bits per heavy atom. The Bertz CT molecular complexity index is 1290. The van der Waals surface area contributed by atoms with Crippen molar-refractivity contribution in [2.75, 3.05) is 43.1 Å². The Balaban J connectivity index is 1.24. The topological polar surface area (TPSA) is 85.0 Å². The molecule has 8 heteroatoms. The van der Waals surface area contributed by atoms with Gasteiger partial charge in [0.1, 0.15) is 12.1 Å². The Kier molecular flexibility index (Phi) is 7.81. The second-order valence-electron chi connectivity index (χ2n) is 10.3. The van der Waals surface area contributed by atoms with E-state index in [0.29, 0.717) is 39.1 Å². The largest absolute Gasteiger partial charge is 0.354 e. The fourth-order valence-electron chi connectivity index (χ4n) is 5.46. The molecular weight excluding hydrogens is 490 g/mol. The van der Waals surface area contributed by atoms with Crippen LogP contribution < -0.4 is 15.5 Å². The van der Waals surface area contributed by atoms with E-state index in [2.05, 4.69) is 15.5 Å². The zero-order valence-corrected chi connectivity index (χ0v) is 22.3. The van der Waals surface area contributed by atoms with Gasteiger partial charge in [-0.3, -0.25) is 9.59 Å². The van der Waals surface area contributed by atoms with Gasteiger partial charge in [0, 0.05) is 31.0 Å². The molecule has 39 heavy (non-hydrogen) atoms. The second kappa shape index (κ2) is 11.6. The minimum atomic E-state index is -0.785. The molecule has 1 spiro atoms. The Labute approximate surface area is 229 Å². The molecule has 8 nitrogen and oxygen atoms in total. The first-order valence-electron chi connectivity index (χ1n) is 13.5. The molecule has 0 saturated carbocycles. The molecule has 0 bridgehead atoms. The maximum Gasteiger partial charge on any atom is 0.321 e. The number of hydrogen-bond acceptors (Lipinski definition) is 4. The molecule has 3 aromatic rings. The summed E-state index contributed by atoms with van der Waals surface area (Å²) in [6, 6.07) is 27.4. The average molecular weight is 526 g/mol. The number of nitrogens with zero attached hydrogens (tertiary/aromatic N) is 3. The Hall–Kier alpha value is -4.33. The number of carbonyl (C=O) groups excluding carboxylic acids is 3. The van der Waals surface area contributed by atoms with Crippen molar-refractivity contribution in [3.63, 3.8) is 0 Å². The van der Waals surface area contributed by atoms with Gasteiger partial charge >= 0.3 is 6.03 Å². The van der Waals surface area contributed by atoms with Crippen LogP contribution in [0.4, 0.5) is 16.2 Å². The molecule has 0 unspecified atom stereocenters. The lowest BCUT2D eigenvalue weighted by Crippen LogP contribution is -2.58. The quantitative estimate of drug-likeness (QED) is 0.488. The molecule has 2 saturated heterocycles. The summed E-state index contributed by atoms with van der Waals surface area (Å²) in [5.41, 5.74) is 3.19. The van der Waals surface area contributed by atoms with Crippen LogP contribution in [0.5, 0.6) is 0 Å². The number of aryl methyl sites for hydroxylation is 1. The second-order valence-corrected chi connectivity index (χ2v) is 10.3. The van der Waals surface area contributed by atoms with E-state index >= 15 is 0 Å². The monoisotopic (exact) mass is 525 g/mol. The summed E-state index contributed by atoms with van der Waals surface area (Å²) in [4.78, 5) is 45.2. The molecule has 0 aliphatic carbocycles. The van der Waals surface area contributed by atoms with Gasteiger partial charge in [-0.05, 0) is 56.0 Å². The van der Waals surface area contributed by atoms with Crippen LogP contribution in [0.3, 0.4) is 0 Å². The number of amides is 4. The molecule has 2 heterocycles. The zero-order chi connectivity index (χ0) is 27.2.